The smallest absolute Gasteiger partial charge is 0.332 e. The van der Waals surface area contributed by atoms with Crippen LogP contribution in [0.4, 0.5) is 5.69 Å². The van der Waals surface area contributed by atoms with E-state index < -0.39 is 22.4 Å². The normalized spacial score (nSPS) is 11.1. The number of carbonyl (C=O) groups is 1. The molecule has 0 aromatic heterocycles. The molecule has 0 aliphatic carbocycles. The van der Waals surface area contributed by atoms with Gasteiger partial charge >= 0.3 is 5.97 Å². The molecule has 0 heterocycles. The first-order valence-corrected chi connectivity index (χ1v) is 6.54. The molecule has 0 bridgehead atoms. The molecule has 0 saturated carbocycles. The summed E-state index contributed by atoms with van der Waals surface area (Å²) in [5.41, 5.74) is 2.56. The van der Waals surface area contributed by atoms with E-state index in [1.54, 1.807) is 12.1 Å². The van der Waals surface area contributed by atoms with Gasteiger partial charge in [-0.25, -0.2) is 13.2 Å². The van der Waals surface area contributed by atoms with Gasteiger partial charge in [0.25, 0.3) is 0 Å². The van der Waals surface area contributed by atoms with Crippen molar-refractivity contribution in [3.63, 3.8) is 0 Å². The van der Waals surface area contributed by atoms with Crippen LogP contribution in [0.1, 0.15) is 6.92 Å². The molecule has 17 heavy (non-hydrogen) atoms. The van der Waals surface area contributed by atoms with Crippen LogP contribution in [0.5, 0.6) is 0 Å². The Morgan fingerprint density at radius 2 is 2.06 bits per heavy atom. The van der Waals surface area contributed by atoms with E-state index >= 15 is 0 Å². The van der Waals surface area contributed by atoms with Crippen molar-refractivity contribution in [1.29, 1.82) is 0 Å². The quantitative estimate of drug-likeness (QED) is 0.738. The summed E-state index contributed by atoms with van der Waals surface area (Å²) in [6.45, 7) is 0.977. The summed E-state index contributed by atoms with van der Waals surface area (Å²) >= 11 is 0. The largest absolute Gasteiger partial charge is 0.479 e. The lowest BCUT2D eigenvalue weighted by molar-refractivity contribution is -0.141. The van der Waals surface area contributed by atoms with E-state index in [9.17, 15) is 13.2 Å². The van der Waals surface area contributed by atoms with E-state index in [0.717, 1.165) is 0 Å². The minimum Gasteiger partial charge on any atom is -0.479 e. The second-order valence-electron chi connectivity index (χ2n) is 3.18. The van der Waals surface area contributed by atoms with Gasteiger partial charge in [-0.2, -0.15) is 0 Å². The third-order valence-electron chi connectivity index (χ3n) is 1.98. The van der Waals surface area contributed by atoms with E-state index in [4.69, 9.17) is 5.11 Å². The molecule has 0 aliphatic rings. The Labute approximate surface area is 99.1 Å². The Hall–Kier alpha value is -1.60. The van der Waals surface area contributed by atoms with Crippen molar-refractivity contribution < 1.29 is 23.2 Å². The molecule has 0 fully saturated rings. The zero-order chi connectivity index (χ0) is 12.9. The molecule has 0 unspecified atom stereocenters. The number of anilines is 1. The highest BCUT2D eigenvalue weighted by atomic mass is 32.2. The highest BCUT2D eigenvalue weighted by Gasteiger charge is 2.16. The zero-order valence-electron chi connectivity index (χ0n) is 9.21. The maximum absolute atomic E-state index is 11.7. The Bertz CT molecular complexity index is 497. The molecular formula is C10H13NO5S. The van der Waals surface area contributed by atoms with Crippen molar-refractivity contribution in [2.24, 2.45) is 0 Å². The van der Waals surface area contributed by atoms with Crippen LogP contribution < -0.4 is 5.48 Å². The maximum Gasteiger partial charge on any atom is 0.332 e. The van der Waals surface area contributed by atoms with Crippen molar-refractivity contribution in [3.8, 4) is 0 Å². The Kier molecular flexibility index (Phi) is 4.47. The number of carboxylic acid groups (broad SMARTS) is 1. The molecule has 2 N–H and O–H groups in total. The molecule has 0 spiro atoms. The summed E-state index contributed by atoms with van der Waals surface area (Å²) in [5, 5.41) is 8.38. The predicted octanol–water partition coefficient (Wildman–Crippen LogP) is 0.908. The van der Waals surface area contributed by atoms with Gasteiger partial charge in [0.15, 0.2) is 16.4 Å². The van der Waals surface area contributed by atoms with Gasteiger partial charge in [0.1, 0.15) is 0 Å². The first kappa shape index (κ1) is 13.5. The molecule has 0 atom stereocenters. The summed E-state index contributed by atoms with van der Waals surface area (Å²) in [7, 11) is -3.37. The van der Waals surface area contributed by atoms with E-state index in [0.29, 0.717) is 0 Å². The molecule has 0 amide bonds. The fourth-order valence-electron chi connectivity index (χ4n) is 1.15. The van der Waals surface area contributed by atoms with Crippen LogP contribution >= 0.6 is 0 Å². The van der Waals surface area contributed by atoms with Crippen molar-refractivity contribution in [2.45, 2.75) is 11.8 Å². The number of benzene rings is 1. The Balaban J connectivity index is 2.89. The van der Waals surface area contributed by atoms with Gasteiger partial charge in [0, 0.05) is 0 Å². The first-order chi connectivity index (χ1) is 7.97. The van der Waals surface area contributed by atoms with Crippen LogP contribution in [-0.4, -0.2) is 31.9 Å². The molecule has 1 aromatic rings. The third-order valence-corrected chi connectivity index (χ3v) is 3.77. The van der Waals surface area contributed by atoms with E-state index in [1.165, 1.54) is 19.1 Å². The molecule has 0 saturated heterocycles. The van der Waals surface area contributed by atoms with E-state index in [2.05, 4.69) is 10.3 Å². The lowest BCUT2D eigenvalue weighted by Crippen LogP contribution is -2.14. The molecule has 7 heteroatoms. The Morgan fingerprint density at radius 3 is 2.65 bits per heavy atom. The summed E-state index contributed by atoms with van der Waals surface area (Å²) in [5.74, 6) is -1.18. The summed E-state index contributed by atoms with van der Waals surface area (Å²) in [6, 6.07) is 6.15. The maximum atomic E-state index is 11.7. The topological polar surface area (TPSA) is 92.7 Å². The van der Waals surface area contributed by atoms with Gasteiger partial charge in [0.2, 0.25) is 0 Å². The minimum atomic E-state index is -3.37. The second kappa shape index (κ2) is 5.65. The lowest BCUT2D eigenvalue weighted by Gasteiger charge is -2.10. The monoisotopic (exact) mass is 259 g/mol. The number of carboxylic acids is 1. The summed E-state index contributed by atoms with van der Waals surface area (Å²) in [4.78, 5) is 15.0. The molecule has 6 nitrogen and oxygen atoms in total. The third kappa shape index (κ3) is 3.72. The number of para-hydroxylation sites is 1. The van der Waals surface area contributed by atoms with Crippen LogP contribution in [0, 0.1) is 0 Å². The molecule has 1 rings (SSSR count). The number of sulfone groups is 1. The summed E-state index contributed by atoms with van der Waals surface area (Å²) < 4.78 is 23.4. The number of aliphatic carboxylic acids is 1. The van der Waals surface area contributed by atoms with Crippen LogP contribution in [0.2, 0.25) is 0 Å². The van der Waals surface area contributed by atoms with Crippen LogP contribution in [0.25, 0.3) is 0 Å². The highest BCUT2D eigenvalue weighted by molar-refractivity contribution is 7.91. The predicted molar refractivity (Wildman–Crippen MR) is 61.4 cm³/mol. The SMILES string of the molecule is CCS(=O)(=O)c1ccccc1NOCC(=O)O. The number of nitrogens with one attached hydrogen (secondary N) is 1. The van der Waals surface area contributed by atoms with Crippen LogP contribution in [0.15, 0.2) is 29.2 Å². The molecule has 1 aromatic carbocycles. The van der Waals surface area contributed by atoms with Crippen LogP contribution in [-0.2, 0) is 19.5 Å². The molecule has 94 valence electrons. The van der Waals surface area contributed by atoms with Crippen molar-refractivity contribution in [1.82, 2.24) is 0 Å². The lowest BCUT2D eigenvalue weighted by atomic mass is 10.3. The zero-order valence-corrected chi connectivity index (χ0v) is 10.0. The first-order valence-electron chi connectivity index (χ1n) is 4.88. The van der Waals surface area contributed by atoms with E-state index in [1.807, 2.05) is 0 Å². The number of rotatable bonds is 6. The molecule has 0 radical (unpaired) electrons. The van der Waals surface area contributed by atoms with Crippen molar-refractivity contribution >= 4 is 21.5 Å². The average Bonchev–Trinajstić information content (AvgIpc) is 2.29. The Morgan fingerprint density at radius 1 is 1.41 bits per heavy atom. The fourth-order valence-corrected chi connectivity index (χ4v) is 2.19. The standard InChI is InChI=1S/C10H13NO5S/c1-2-17(14,15)9-6-4-3-5-8(9)11-16-7-10(12)13/h3-6,11H,2,7H2,1H3,(H,12,13). The minimum absolute atomic E-state index is 0.0371. The average molecular weight is 259 g/mol. The molecular weight excluding hydrogens is 246 g/mol. The fraction of sp³-hybridized carbons (Fsp3) is 0.300. The summed E-state index contributed by atoms with van der Waals surface area (Å²) in [6.07, 6.45) is 0. The van der Waals surface area contributed by atoms with Gasteiger partial charge in [-0.1, -0.05) is 19.1 Å². The van der Waals surface area contributed by atoms with Gasteiger partial charge < -0.3 is 5.11 Å². The number of hydrogen-bond acceptors (Lipinski definition) is 5. The van der Waals surface area contributed by atoms with Gasteiger partial charge in [-0.05, 0) is 12.1 Å². The van der Waals surface area contributed by atoms with Crippen LogP contribution in [0.3, 0.4) is 0 Å². The highest BCUT2D eigenvalue weighted by Crippen LogP contribution is 2.21. The van der Waals surface area contributed by atoms with Gasteiger partial charge in [-0.15, -0.1) is 0 Å². The second-order valence-corrected chi connectivity index (χ2v) is 5.43. The van der Waals surface area contributed by atoms with Crippen molar-refractivity contribution in [2.75, 3.05) is 17.8 Å². The van der Waals surface area contributed by atoms with Gasteiger partial charge in [-0.3, -0.25) is 10.3 Å². The molecule has 0 aliphatic heterocycles. The van der Waals surface area contributed by atoms with Crippen molar-refractivity contribution in [3.05, 3.63) is 24.3 Å². The van der Waals surface area contributed by atoms with Gasteiger partial charge in [0.05, 0.1) is 16.3 Å². The number of hydrogen-bond donors (Lipinski definition) is 2. The van der Waals surface area contributed by atoms with E-state index in [-0.39, 0.29) is 16.3 Å².